The van der Waals surface area contributed by atoms with E-state index >= 15 is 0 Å². The van der Waals surface area contributed by atoms with Gasteiger partial charge in [0, 0.05) is 6.61 Å². The topological polar surface area (TPSA) is 20.2 Å². The molecule has 0 aromatic carbocycles. The van der Waals surface area contributed by atoms with Gasteiger partial charge in [0.1, 0.15) is 0 Å². The van der Waals surface area contributed by atoms with Crippen LogP contribution in [0.4, 0.5) is 0 Å². The third-order valence-electron chi connectivity index (χ3n) is 9.82. The Morgan fingerprint density at radius 2 is 1.74 bits per heavy atom. The average Bonchev–Trinajstić information content (AvgIpc) is 2.79. The summed E-state index contributed by atoms with van der Waals surface area (Å²) in [5.41, 5.74) is 1.24. The van der Waals surface area contributed by atoms with Crippen LogP contribution in [0.15, 0.2) is 0 Å². The standard InChI is InChI=1S/C22H38O/c1-15-16(10-13-23)14-20-18-8-7-17-6-4-5-11-22(17,3)19(18)9-12-21(15,20)2/h15-20,23H,4-14H2,1-3H3/t15-,16+,17-,18+,19-,20-,21+,22-/m0/s1. The van der Waals surface area contributed by atoms with E-state index in [-0.39, 0.29) is 0 Å². The van der Waals surface area contributed by atoms with Crippen molar-refractivity contribution in [2.45, 2.75) is 85.0 Å². The minimum absolute atomic E-state index is 0.395. The molecule has 0 amide bonds. The molecule has 0 radical (unpaired) electrons. The van der Waals surface area contributed by atoms with Gasteiger partial charge in [-0.15, -0.1) is 0 Å². The van der Waals surface area contributed by atoms with E-state index < -0.39 is 0 Å². The number of aliphatic hydroxyl groups is 1. The minimum Gasteiger partial charge on any atom is -0.396 e. The molecule has 4 saturated carbocycles. The fraction of sp³-hybridized carbons (Fsp3) is 1.00. The zero-order valence-electron chi connectivity index (χ0n) is 15.7. The summed E-state index contributed by atoms with van der Waals surface area (Å²) < 4.78 is 0. The van der Waals surface area contributed by atoms with Crippen LogP contribution in [0.1, 0.15) is 85.0 Å². The highest BCUT2D eigenvalue weighted by Crippen LogP contribution is 2.68. The lowest BCUT2D eigenvalue weighted by atomic mass is 9.45. The first-order chi connectivity index (χ1) is 11.0. The van der Waals surface area contributed by atoms with Crippen molar-refractivity contribution in [3.05, 3.63) is 0 Å². The maximum atomic E-state index is 9.49. The Morgan fingerprint density at radius 1 is 0.913 bits per heavy atom. The zero-order chi connectivity index (χ0) is 16.2. The molecule has 0 aromatic heterocycles. The number of aliphatic hydroxyl groups excluding tert-OH is 1. The molecule has 4 fully saturated rings. The smallest absolute Gasteiger partial charge is 0.0433 e. The number of fused-ring (bicyclic) bond motifs is 5. The predicted octanol–water partition coefficient (Wildman–Crippen LogP) is 5.66. The molecule has 4 aliphatic rings. The maximum Gasteiger partial charge on any atom is 0.0433 e. The van der Waals surface area contributed by atoms with Crippen LogP contribution in [0.25, 0.3) is 0 Å². The van der Waals surface area contributed by atoms with E-state index in [1.165, 1.54) is 57.8 Å². The molecule has 0 aliphatic heterocycles. The Bertz CT molecular complexity index is 445. The van der Waals surface area contributed by atoms with Crippen molar-refractivity contribution in [2.75, 3.05) is 6.61 Å². The normalized spacial score (nSPS) is 55.8. The van der Waals surface area contributed by atoms with E-state index in [1.807, 2.05) is 0 Å². The quantitative estimate of drug-likeness (QED) is 0.696. The summed E-state index contributed by atoms with van der Waals surface area (Å²) in [5.74, 6) is 5.60. The molecule has 132 valence electrons. The largest absolute Gasteiger partial charge is 0.396 e. The predicted molar refractivity (Wildman–Crippen MR) is 96.1 cm³/mol. The van der Waals surface area contributed by atoms with Gasteiger partial charge in [-0.3, -0.25) is 0 Å². The second kappa shape index (κ2) is 5.75. The van der Waals surface area contributed by atoms with Crippen molar-refractivity contribution in [3.8, 4) is 0 Å². The zero-order valence-corrected chi connectivity index (χ0v) is 15.7. The molecule has 4 aliphatic carbocycles. The Labute approximate surface area is 143 Å². The fourth-order valence-electron chi connectivity index (χ4n) is 8.25. The van der Waals surface area contributed by atoms with Crippen LogP contribution in [0.3, 0.4) is 0 Å². The van der Waals surface area contributed by atoms with Crippen molar-refractivity contribution in [2.24, 2.45) is 46.3 Å². The summed E-state index contributed by atoms with van der Waals surface area (Å²) in [6.07, 6.45) is 14.5. The van der Waals surface area contributed by atoms with Crippen molar-refractivity contribution in [3.63, 3.8) is 0 Å². The van der Waals surface area contributed by atoms with Gasteiger partial charge >= 0.3 is 0 Å². The monoisotopic (exact) mass is 318 g/mol. The molecule has 0 bridgehead atoms. The molecule has 8 atom stereocenters. The van der Waals surface area contributed by atoms with E-state index in [9.17, 15) is 5.11 Å². The first-order valence-electron chi connectivity index (χ1n) is 10.6. The third kappa shape index (κ3) is 2.28. The van der Waals surface area contributed by atoms with Gasteiger partial charge in [-0.2, -0.15) is 0 Å². The molecule has 1 heteroatoms. The molecule has 0 aromatic rings. The molecule has 0 spiro atoms. The van der Waals surface area contributed by atoms with Crippen molar-refractivity contribution in [1.29, 1.82) is 0 Å². The molecular formula is C22H38O. The summed E-state index contributed by atoms with van der Waals surface area (Å²) in [6, 6.07) is 0. The van der Waals surface area contributed by atoms with Gasteiger partial charge in [0.15, 0.2) is 0 Å². The summed E-state index contributed by atoms with van der Waals surface area (Å²) in [4.78, 5) is 0. The van der Waals surface area contributed by atoms with Gasteiger partial charge in [0.05, 0.1) is 0 Å². The summed E-state index contributed by atoms with van der Waals surface area (Å²) in [5, 5.41) is 9.49. The highest BCUT2D eigenvalue weighted by atomic mass is 16.3. The number of rotatable bonds is 2. The molecule has 0 heterocycles. The summed E-state index contributed by atoms with van der Waals surface area (Å²) in [6.45, 7) is 8.20. The molecular weight excluding hydrogens is 280 g/mol. The minimum atomic E-state index is 0.395. The van der Waals surface area contributed by atoms with Gasteiger partial charge < -0.3 is 5.11 Å². The van der Waals surface area contributed by atoms with Gasteiger partial charge in [-0.25, -0.2) is 0 Å². The van der Waals surface area contributed by atoms with Gasteiger partial charge in [-0.1, -0.05) is 33.6 Å². The van der Waals surface area contributed by atoms with Crippen LogP contribution < -0.4 is 0 Å². The van der Waals surface area contributed by atoms with E-state index in [1.54, 1.807) is 0 Å². The van der Waals surface area contributed by atoms with E-state index in [2.05, 4.69) is 20.8 Å². The third-order valence-corrected chi connectivity index (χ3v) is 9.82. The van der Waals surface area contributed by atoms with Gasteiger partial charge in [0.2, 0.25) is 0 Å². The van der Waals surface area contributed by atoms with Crippen LogP contribution in [0.5, 0.6) is 0 Å². The Balaban J connectivity index is 1.61. The molecule has 23 heavy (non-hydrogen) atoms. The molecule has 1 nitrogen and oxygen atoms in total. The van der Waals surface area contributed by atoms with Crippen LogP contribution in [-0.2, 0) is 0 Å². The van der Waals surface area contributed by atoms with Crippen molar-refractivity contribution in [1.82, 2.24) is 0 Å². The molecule has 0 saturated heterocycles. The van der Waals surface area contributed by atoms with Gasteiger partial charge in [-0.05, 0) is 97.7 Å². The second-order valence-corrected chi connectivity index (χ2v) is 10.2. The fourth-order valence-corrected chi connectivity index (χ4v) is 8.25. The molecule has 1 N–H and O–H groups in total. The first kappa shape index (κ1) is 16.4. The van der Waals surface area contributed by atoms with E-state index in [0.29, 0.717) is 17.4 Å². The van der Waals surface area contributed by atoms with Crippen LogP contribution >= 0.6 is 0 Å². The molecule has 4 rings (SSSR count). The Morgan fingerprint density at radius 3 is 2.52 bits per heavy atom. The number of hydrogen-bond donors (Lipinski definition) is 1. The SMILES string of the molecule is C[C@H]1[C@H](CCO)C[C@H]2[C@@H]3CC[C@@H]4CCCC[C@]4(C)[C@H]3CC[C@]12C. The Kier molecular flexibility index (Phi) is 4.11. The highest BCUT2D eigenvalue weighted by Gasteiger charge is 2.60. The van der Waals surface area contributed by atoms with Gasteiger partial charge in [0.25, 0.3) is 0 Å². The average molecular weight is 319 g/mol. The first-order valence-corrected chi connectivity index (χ1v) is 10.6. The lowest BCUT2D eigenvalue weighted by Crippen LogP contribution is -2.52. The van der Waals surface area contributed by atoms with Crippen LogP contribution in [0, 0.1) is 46.3 Å². The molecule has 0 unspecified atom stereocenters. The lowest BCUT2D eigenvalue weighted by Gasteiger charge is -2.60. The highest BCUT2D eigenvalue weighted by molar-refractivity contribution is 5.09. The van der Waals surface area contributed by atoms with Crippen molar-refractivity contribution < 1.29 is 5.11 Å². The van der Waals surface area contributed by atoms with Crippen molar-refractivity contribution >= 4 is 0 Å². The van der Waals surface area contributed by atoms with E-state index in [0.717, 1.165) is 41.9 Å². The summed E-state index contributed by atoms with van der Waals surface area (Å²) >= 11 is 0. The summed E-state index contributed by atoms with van der Waals surface area (Å²) in [7, 11) is 0. The Hall–Kier alpha value is -0.0400. The lowest BCUT2D eigenvalue weighted by molar-refractivity contribution is -0.109. The number of hydrogen-bond acceptors (Lipinski definition) is 1. The van der Waals surface area contributed by atoms with Crippen LogP contribution in [-0.4, -0.2) is 11.7 Å². The second-order valence-electron chi connectivity index (χ2n) is 10.2. The van der Waals surface area contributed by atoms with E-state index in [4.69, 9.17) is 0 Å². The van der Waals surface area contributed by atoms with Crippen LogP contribution in [0.2, 0.25) is 0 Å². The maximum absolute atomic E-state index is 9.49.